The summed E-state index contributed by atoms with van der Waals surface area (Å²) in [4.78, 5) is 57.9. The SMILES string of the molecule is CC(=O)CC(=O)[O-].CC(=O)CC(=O)[O-].CC(=O)CC(=O)[O-].C[C-](C)C.[Zr+4]. The molecule has 0 rings (SSSR count). The number of ketones is 3. The van der Waals surface area contributed by atoms with Crippen molar-refractivity contribution in [2.45, 2.75) is 60.8 Å². The fourth-order valence-electron chi connectivity index (χ4n) is 0.610. The molecule has 0 heterocycles. The minimum absolute atomic E-state index is 0. The molecule has 26 heavy (non-hydrogen) atoms. The minimum atomic E-state index is -1.31. The van der Waals surface area contributed by atoms with Crippen LogP contribution >= 0.6 is 0 Å². The van der Waals surface area contributed by atoms with Gasteiger partial charge in [-0.25, -0.2) is 0 Å². The van der Waals surface area contributed by atoms with E-state index in [0.29, 0.717) is 0 Å². The molecule has 146 valence electrons. The number of aliphatic carboxylic acids is 3. The molecule has 0 aromatic heterocycles. The van der Waals surface area contributed by atoms with E-state index < -0.39 is 37.2 Å². The Morgan fingerprint density at radius 1 is 0.577 bits per heavy atom. The van der Waals surface area contributed by atoms with Crippen LogP contribution in [0.5, 0.6) is 0 Å². The van der Waals surface area contributed by atoms with Crippen molar-refractivity contribution >= 4 is 35.3 Å². The van der Waals surface area contributed by atoms with Crippen molar-refractivity contribution in [3.8, 4) is 0 Å². The standard InChI is InChI=1S/3C4H6O3.C4H9.Zr/c3*1-3(5)2-4(6)7;1-4(2)3;/h3*2H2,1H3,(H,6,7);1-3H3;/q;;;-1;+4/p-3. The summed E-state index contributed by atoms with van der Waals surface area (Å²) in [5.74, 6) is -3.65. The van der Waals surface area contributed by atoms with Crippen LogP contribution in [0.1, 0.15) is 60.8 Å². The quantitative estimate of drug-likeness (QED) is 0.320. The molecule has 0 aliphatic heterocycles. The predicted octanol–water partition coefficient (Wildman–Crippen LogP) is -2.24. The molecule has 0 saturated heterocycles. The molecule has 0 aliphatic carbocycles. The zero-order chi connectivity index (χ0) is 21.2. The average Bonchev–Trinajstić information content (AvgIpc) is 2.22. The number of hydrogen-bond donors (Lipinski definition) is 0. The first kappa shape index (κ1) is 35.4. The third-order valence-electron chi connectivity index (χ3n) is 1.18. The van der Waals surface area contributed by atoms with Crippen molar-refractivity contribution < 1.29 is 70.3 Å². The van der Waals surface area contributed by atoms with E-state index in [1.165, 1.54) is 26.7 Å². The van der Waals surface area contributed by atoms with Gasteiger partial charge in [-0.3, -0.25) is 14.4 Å². The van der Waals surface area contributed by atoms with Gasteiger partial charge in [0.25, 0.3) is 0 Å². The van der Waals surface area contributed by atoms with E-state index in [4.69, 9.17) is 0 Å². The van der Waals surface area contributed by atoms with Gasteiger partial charge in [-0.15, -0.1) is 0 Å². The number of carboxylic acids is 3. The van der Waals surface area contributed by atoms with Gasteiger partial charge in [-0.2, -0.15) is 20.8 Å². The topological polar surface area (TPSA) is 172 Å². The molecule has 0 unspecified atom stereocenters. The van der Waals surface area contributed by atoms with E-state index in [1.54, 1.807) is 0 Å². The minimum Gasteiger partial charge on any atom is -0.550 e. The van der Waals surface area contributed by atoms with Crippen molar-refractivity contribution in [2.24, 2.45) is 0 Å². The molecular formula is C16H24O9Zr. The number of Topliss-reactive ketones (excluding diaryl/α,β-unsaturated/α-hetero) is 3. The van der Waals surface area contributed by atoms with Gasteiger partial charge in [0.2, 0.25) is 0 Å². The molecule has 0 fully saturated rings. The molecule has 0 aromatic carbocycles. The molecule has 0 radical (unpaired) electrons. The Hall–Kier alpha value is -1.70. The van der Waals surface area contributed by atoms with Crippen LogP contribution < -0.4 is 15.3 Å². The van der Waals surface area contributed by atoms with Crippen LogP contribution in [0.4, 0.5) is 0 Å². The molecule has 0 aliphatic rings. The number of carboxylic acid groups (broad SMARTS) is 3. The molecule has 0 saturated carbocycles. The fourth-order valence-corrected chi connectivity index (χ4v) is 0.610. The van der Waals surface area contributed by atoms with Crippen LogP contribution in [0.2, 0.25) is 0 Å². The van der Waals surface area contributed by atoms with Crippen LogP contribution in [-0.4, -0.2) is 35.3 Å². The van der Waals surface area contributed by atoms with Crippen LogP contribution in [0.15, 0.2) is 0 Å². The van der Waals surface area contributed by atoms with E-state index >= 15 is 0 Å². The first-order valence-electron chi connectivity index (χ1n) is 6.96. The Labute approximate surface area is 172 Å². The molecule has 0 bridgehead atoms. The summed E-state index contributed by atoms with van der Waals surface area (Å²) in [6.07, 6.45) is -1.42. The van der Waals surface area contributed by atoms with Gasteiger partial charge in [0, 0.05) is 37.2 Å². The molecular weight excluding hydrogens is 427 g/mol. The summed E-state index contributed by atoms with van der Waals surface area (Å²) in [5, 5.41) is 28.4. The van der Waals surface area contributed by atoms with E-state index in [-0.39, 0.29) is 43.6 Å². The van der Waals surface area contributed by atoms with Crippen molar-refractivity contribution in [3.63, 3.8) is 0 Å². The third-order valence-corrected chi connectivity index (χ3v) is 1.18. The van der Waals surface area contributed by atoms with Gasteiger partial charge < -0.3 is 35.6 Å². The van der Waals surface area contributed by atoms with E-state index in [1.807, 2.05) is 0 Å². The molecule has 0 amide bonds. The van der Waals surface area contributed by atoms with Crippen LogP contribution in [0.3, 0.4) is 0 Å². The zero-order valence-corrected chi connectivity index (χ0v) is 18.3. The maximum Gasteiger partial charge on any atom is 4.00 e. The summed E-state index contributed by atoms with van der Waals surface area (Å²) in [7, 11) is 0. The molecule has 0 aromatic rings. The molecule has 0 atom stereocenters. The number of carbonyl (C=O) groups is 6. The Kier molecular flexibility index (Phi) is 31.7. The van der Waals surface area contributed by atoms with Gasteiger partial charge >= 0.3 is 26.2 Å². The van der Waals surface area contributed by atoms with Gasteiger partial charge in [-0.1, -0.05) is 0 Å². The normalized spacial score (nSPS) is 7.96. The Bertz CT molecular complexity index is 356. The molecule has 10 heteroatoms. The third kappa shape index (κ3) is 95.3. The monoisotopic (exact) mass is 450 g/mol. The first-order chi connectivity index (χ1) is 11.1. The Morgan fingerprint density at radius 2 is 0.692 bits per heavy atom. The average molecular weight is 452 g/mol. The van der Waals surface area contributed by atoms with E-state index in [9.17, 15) is 44.1 Å². The summed E-state index contributed by atoms with van der Waals surface area (Å²) in [5.41, 5.74) is 0. The van der Waals surface area contributed by atoms with Crippen molar-refractivity contribution in [3.05, 3.63) is 5.92 Å². The zero-order valence-electron chi connectivity index (χ0n) is 15.8. The first-order valence-corrected chi connectivity index (χ1v) is 6.96. The fraction of sp³-hybridized carbons (Fsp3) is 0.562. The van der Waals surface area contributed by atoms with Crippen molar-refractivity contribution in [1.82, 2.24) is 0 Å². The van der Waals surface area contributed by atoms with E-state index in [2.05, 4.69) is 20.8 Å². The van der Waals surface area contributed by atoms with Gasteiger partial charge in [0.15, 0.2) is 0 Å². The molecule has 0 N–H and O–H groups in total. The van der Waals surface area contributed by atoms with Gasteiger partial charge in [-0.05, 0) is 20.8 Å². The van der Waals surface area contributed by atoms with Gasteiger partial charge in [0.1, 0.15) is 17.3 Å². The summed E-state index contributed by atoms with van der Waals surface area (Å²) in [6, 6.07) is 0. The summed E-state index contributed by atoms with van der Waals surface area (Å²) in [6.45, 7) is 9.86. The number of carbonyl (C=O) groups excluding carboxylic acids is 6. The summed E-state index contributed by atoms with van der Waals surface area (Å²) < 4.78 is 0. The maximum absolute atomic E-state index is 9.83. The van der Waals surface area contributed by atoms with Crippen molar-refractivity contribution in [1.29, 1.82) is 0 Å². The second-order valence-electron chi connectivity index (χ2n) is 5.25. The number of hydrogen-bond acceptors (Lipinski definition) is 9. The van der Waals surface area contributed by atoms with Crippen molar-refractivity contribution in [2.75, 3.05) is 0 Å². The Balaban J connectivity index is -0.0000000759. The number of rotatable bonds is 6. The largest absolute Gasteiger partial charge is 4.00 e. The van der Waals surface area contributed by atoms with Crippen LogP contribution in [0.25, 0.3) is 0 Å². The summed E-state index contributed by atoms with van der Waals surface area (Å²) >= 11 is 0. The molecule has 0 spiro atoms. The second-order valence-corrected chi connectivity index (χ2v) is 5.25. The van der Waals surface area contributed by atoms with Gasteiger partial charge in [0.05, 0.1) is 0 Å². The smallest absolute Gasteiger partial charge is 0.550 e. The Morgan fingerprint density at radius 3 is 0.692 bits per heavy atom. The van der Waals surface area contributed by atoms with E-state index in [0.717, 1.165) is 0 Å². The second kappa shape index (κ2) is 23.3. The van der Waals surface area contributed by atoms with Crippen LogP contribution in [0, 0.1) is 5.92 Å². The molecule has 9 nitrogen and oxygen atoms in total. The maximum atomic E-state index is 9.83. The predicted molar refractivity (Wildman–Crippen MR) is 81.2 cm³/mol. The van der Waals surface area contributed by atoms with Crippen LogP contribution in [-0.2, 0) is 55.0 Å².